The maximum Gasteiger partial charge on any atom is 2.00 e. The van der Waals surface area contributed by atoms with Crippen molar-refractivity contribution in [2.75, 3.05) is 13.1 Å². The molecule has 0 saturated carbocycles. The Labute approximate surface area is 551 Å². The molecule has 0 spiro atoms. The molecule has 15 nitrogen and oxygen atoms in total. The molecule has 0 atom stereocenters. The zero-order valence-corrected chi connectivity index (χ0v) is 53.8. The Hall–Kier alpha value is -10.7. The van der Waals surface area contributed by atoms with Gasteiger partial charge in [-0.2, -0.15) is 0 Å². The summed E-state index contributed by atoms with van der Waals surface area (Å²) in [7, 11) is 0. The number of carbonyl (C=O) groups excluding carboxylic acids is 4. The van der Waals surface area contributed by atoms with E-state index >= 15 is 0 Å². The van der Waals surface area contributed by atoms with Gasteiger partial charge in [0.05, 0.1) is 34.2 Å². The van der Waals surface area contributed by atoms with Crippen LogP contribution in [-0.2, 0) is 64.5 Å². The first-order valence-corrected chi connectivity index (χ1v) is 29.6. The van der Waals surface area contributed by atoms with Crippen LogP contribution in [0.1, 0.15) is 85.7 Å². The molecule has 4 amide bonds. The summed E-state index contributed by atoms with van der Waals surface area (Å²) in [6.45, 7) is 4.83. The van der Waals surface area contributed by atoms with Crippen LogP contribution in [0.2, 0.25) is 0 Å². The number of hydrogen-bond acceptors (Lipinski definition) is 8. The summed E-state index contributed by atoms with van der Waals surface area (Å²) < 4.78 is 0. The molecule has 5 aliphatic rings. The SMILES string of the molecule is CC1(C)Cc2cc3[n-]c(cc3-c3ccc(CNC(=O)c4ccc(-c5c6nc(cc7ccc(cc8nc(cc9ccc5[n-]9)C=C8)[n-]7)C=C6)cc4)cc3)c(-c3ccc(C(=O)NCCN4C(=O)C=CC4=O)cc3)c3nc(cc4[n-]c(cc1n2)cc4-c1ccccc1)C=C3.[Cu+2].[Zn+2]. The molecule has 5 aliphatic heterocycles. The van der Waals surface area contributed by atoms with Crippen molar-refractivity contribution in [1.82, 2.24) is 55.4 Å². The van der Waals surface area contributed by atoms with Crippen LogP contribution < -0.4 is 30.6 Å². The Bertz CT molecular complexity index is 5110. The monoisotopic (exact) mass is 1300 g/mol. The molecule has 0 aliphatic carbocycles. The van der Waals surface area contributed by atoms with Gasteiger partial charge in [0.25, 0.3) is 23.6 Å². The van der Waals surface area contributed by atoms with Gasteiger partial charge in [-0.05, 0) is 111 Å². The molecule has 1 radical (unpaired) electrons. The Morgan fingerprint density at radius 1 is 0.467 bits per heavy atom. The number of hydrogen-bond donors (Lipinski definition) is 2. The third kappa shape index (κ3) is 12.2. The second-order valence-corrected chi connectivity index (χ2v) is 23.3. The summed E-state index contributed by atoms with van der Waals surface area (Å²) in [4.78, 5) is 93.4. The largest absolute Gasteiger partial charge is 2.00 e. The molecular weight excluding hydrogens is 1250 g/mol. The van der Waals surface area contributed by atoms with Crippen molar-refractivity contribution in [3.05, 3.63) is 250 Å². The fraction of sp³-hybridized carbons (Fsp3) is 0.0933. The number of carbonyl (C=O) groups is 4. The molecule has 10 aromatic rings. The number of aromatic nitrogens is 8. The van der Waals surface area contributed by atoms with Gasteiger partial charge in [-0.25, -0.2) is 15.0 Å². The van der Waals surface area contributed by atoms with Gasteiger partial charge in [0.2, 0.25) is 0 Å². The van der Waals surface area contributed by atoms with Gasteiger partial charge in [-0.3, -0.25) is 29.1 Å². The summed E-state index contributed by atoms with van der Waals surface area (Å²) in [5.41, 5.74) is 20.9. The molecule has 16 bridgehead atoms. The molecule has 4 aromatic carbocycles. The Balaban J connectivity index is 0.00000386. The van der Waals surface area contributed by atoms with Crippen molar-refractivity contribution in [3.63, 3.8) is 0 Å². The summed E-state index contributed by atoms with van der Waals surface area (Å²) in [6.07, 6.45) is 15.0. The van der Waals surface area contributed by atoms with Crippen LogP contribution in [0, 0.1) is 0 Å². The number of amides is 4. The summed E-state index contributed by atoms with van der Waals surface area (Å²) in [5.74, 6) is -1.38. The molecule has 17 heteroatoms. The molecule has 92 heavy (non-hydrogen) atoms. The average molecular weight is 1300 g/mol. The third-order valence-electron chi connectivity index (χ3n) is 16.5. The normalized spacial score (nSPS) is 13.5. The van der Waals surface area contributed by atoms with Crippen LogP contribution in [0.25, 0.3) is 125 Å². The van der Waals surface area contributed by atoms with E-state index in [1.54, 1.807) is 12.1 Å². The number of fused-ring (bicyclic) bond motifs is 16. The van der Waals surface area contributed by atoms with Gasteiger partial charge in [0.15, 0.2) is 0 Å². The summed E-state index contributed by atoms with van der Waals surface area (Å²) in [5, 5.41) is 5.98. The van der Waals surface area contributed by atoms with Crippen molar-refractivity contribution in [2.45, 2.75) is 32.2 Å². The van der Waals surface area contributed by atoms with E-state index in [4.69, 9.17) is 39.9 Å². The minimum atomic E-state index is -0.405. The fourth-order valence-corrected chi connectivity index (χ4v) is 11.9. The van der Waals surface area contributed by atoms with Gasteiger partial charge < -0.3 is 30.6 Å². The number of imide groups is 1. The first-order valence-electron chi connectivity index (χ1n) is 29.6. The second-order valence-electron chi connectivity index (χ2n) is 23.3. The van der Waals surface area contributed by atoms with E-state index < -0.39 is 11.8 Å². The first kappa shape index (κ1) is 60.2. The average Bonchev–Trinajstić information content (AvgIpc) is 1.64. The van der Waals surface area contributed by atoms with Crippen LogP contribution in [0.3, 0.4) is 0 Å². The van der Waals surface area contributed by atoms with E-state index in [-0.39, 0.29) is 73.4 Å². The van der Waals surface area contributed by atoms with Gasteiger partial charge in [0.1, 0.15) is 0 Å². The zero-order valence-electron chi connectivity index (χ0n) is 49.9. The molecule has 0 saturated heterocycles. The molecule has 445 valence electrons. The quantitative estimate of drug-likeness (QED) is 0.0917. The van der Waals surface area contributed by atoms with Gasteiger partial charge in [0, 0.05) is 66.1 Å². The van der Waals surface area contributed by atoms with Crippen molar-refractivity contribution < 1.29 is 55.7 Å². The minimum absolute atomic E-state index is 0. The number of rotatable bonds is 11. The van der Waals surface area contributed by atoms with Crippen LogP contribution in [0.5, 0.6) is 0 Å². The maximum atomic E-state index is 13.9. The molecule has 11 heterocycles. The topological polar surface area (TPSA) is 204 Å². The van der Waals surface area contributed by atoms with E-state index in [1.165, 1.54) is 12.2 Å². The third-order valence-corrected chi connectivity index (χ3v) is 16.5. The molecule has 15 rings (SSSR count). The smallest absolute Gasteiger partial charge is 0.658 e. The number of benzene rings is 4. The van der Waals surface area contributed by atoms with E-state index in [2.05, 4.69) is 60.9 Å². The zero-order chi connectivity index (χ0) is 61.0. The molecule has 2 N–H and O–H groups in total. The van der Waals surface area contributed by atoms with Gasteiger partial charge in [-0.15, -0.1) is 44.1 Å². The van der Waals surface area contributed by atoms with E-state index in [0.717, 1.165) is 128 Å². The molecule has 0 fully saturated rings. The maximum absolute atomic E-state index is 13.9. The first-order chi connectivity index (χ1) is 43.8. The van der Waals surface area contributed by atoms with E-state index in [9.17, 15) is 19.2 Å². The molecule has 0 unspecified atom stereocenters. The number of nitrogens with zero attached hydrogens (tertiary/aromatic N) is 9. The van der Waals surface area contributed by atoms with Crippen LogP contribution in [0.4, 0.5) is 0 Å². The van der Waals surface area contributed by atoms with Crippen molar-refractivity contribution in [3.8, 4) is 44.5 Å². The van der Waals surface area contributed by atoms with E-state index in [1.807, 2.05) is 164 Å². The predicted molar refractivity (Wildman–Crippen MR) is 353 cm³/mol. The Morgan fingerprint density at radius 3 is 1.64 bits per heavy atom. The van der Waals surface area contributed by atoms with Gasteiger partial charge in [-0.1, -0.05) is 166 Å². The van der Waals surface area contributed by atoms with Crippen LogP contribution in [-0.4, -0.2) is 61.6 Å². The molecular formula is C75H53CuN11O4Zn. The second kappa shape index (κ2) is 24.9. The van der Waals surface area contributed by atoms with E-state index in [0.29, 0.717) is 34.5 Å². The van der Waals surface area contributed by atoms with Crippen molar-refractivity contribution >= 4 is 104 Å². The minimum Gasteiger partial charge on any atom is -0.658 e. The Kier molecular flexibility index (Phi) is 16.3. The van der Waals surface area contributed by atoms with Crippen molar-refractivity contribution in [2.24, 2.45) is 0 Å². The van der Waals surface area contributed by atoms with Crippen LogP contribution >= 0.6 is 0 Å². The summed E-state index contributed by atoms with van der Waals surface area (Å²) in [6, 6.07) is 57.2. The Morgan fingerprint density at radius 2 is 0.989 bits per heavy atom. The van der Waals surface area contributed by atoms with Crippen LogP contribution in [0.15, 0.2) is 188 Å². The molecule has 6 aromatic heterocycles. The fourth-order valence-electron chi connectivity index (χ4n) is 11.9. The van der Waals surface area contributed by atoms with Crippen molar-refractivity contribution in [1.29, 1.82) is 0 Å². The predicted octanol–water partition coefficient (Wildman–Crippen LogP) is 12.7. The number of nitrogens with one attached hydrogen (secondary N) is 2. The standard InChI is InChI=1S/C75H57N11O4.Cu.Zn/c1-75(2)42-59-39-66-61(46-10-8-44(9-11-46)43-77-74(90)50-18-12-47(13-19-50)71-62-27-24-55(80-62)35-53-22-20-51(78-53)34-52-21-23-54(79-52)36-56-25-28-63(71)81-56)41-67(85-66)72(48-14-16-49(17-15-48)73(89)76-32-33-86-69(87)30-31-70(86)88)64-29-26-57(82-64)38-65-60(45-6-4-3-5-7-45)37-58(83-65)40-68(75)84-59;;/h3-31,34-41H,32-33,42-43H2,1-2H3,(H6,76,77,78,79,80,81,82,83,84,85,87,88,89,90);;/q;2*+2/p-4. The van der Waals surface area contributed by atoms with Gasteiger partial charge >= 0.3 is 36.5 Å². The summed E-state index contributed by atoms with van der Waals surface area (Å²) >= 11 is 0.